The molecule has 1 aromatic heterocycles. The van der Waals surface area contributed by atoms with Gasteiger partial charge in [-0.3, -0.25) is 4.79 Å². The number of carbonyl (C=O) groups is 1. The minimum absolute atomic E-state index is 0.0117. The van der Waals surface area contributed by atoms with Gasteiger partial charge in [0.2, 0.25) is 5.91 Å². The molecule has 1 unspecified atom stereocenters. The van der Waals surface area contributed by atoms with Crippen LogP contribution in [0.25, 0.3) is 0 Å². The van der Waals surface area contributed by atoms with Gasteiger partial charge in [-0.15, -0.1) is 0 Å². The average molecular weight is 211 g/mol. The highest BCUT2D eigenvalue weighted by molar-refractivity contribution is 5.78. The summed E-state index contributed by atoms with van der Waals surface area (Å²) in [6.07, 6.45) is 3.26. The van der Waals surface area contributed by atoms with Gasteiger partial charge >= 0.3 is 0 Å². The Hall–Kier alpha value is -1.36. The number of hydrogen-bond donors (Lipinski definition) is 2. The van der Waals surface area contributed by atoms with Crippen LogP contribution in [0.2, 0.25) is 0 Å². The van der Waals surface area contributed by atoms with Crippen molar-refractivity contribution in [2.24, 2.45) is 11.7 Å². The van der Waals surface area contributed by atoms with Gasteiger partial charge in [0.15, 0.2) is 0 Å². The van der Waals surface area contributed by atoms with Crippen molar-refractivity contribution in [3.63, 3.8) is 0 Å². The summed E-state index contributed by atoms with van der Waals surface area (Å²) < 4.78 is 4.66. The molecule has 0 aromatic carbocycles. The summed E-state index contributed by atoms with van der Waals surface area (Å²) >= 11 is 0. The van der Waals surface area contributed by atoms with E-state index >= 15 is 0 Å². The van der Waals surface area contributed by atoms with Gasteiger partial charge in [-0.05, 0) is 6.42 Å². The fraction of sp³-hybridized carbons (Fsp3) is 0.600. The molecule has 1 atom stereocenters. The van der Waals surface area contributed by atoms with Crippen LogP contribution in [0.15, 0.2) is 16.9 Å². The molecule has 5 nitrogen and oxygen atoms in total. The van der Waals surface area contributed by atoms with E-state index in [1.54, 1.807) is 6.07 Å². The van der Waals surface area contributed by atoms with Gasteiger partial charge < -0.3 is 15.6 Å². The Bertz CT molecular complexity index is 285. The quantitative estimate of drug-likeness (QED) is 0.724. The molecule has 1 rings (SSSR count). The number of rotatable bonds is 6. The van der Waals surface area contributed by atoms with E-state index in [1.807, 2.05) is 6.92 Å². The fourth-order valence-corrected chi connectivity index (χ4v) is 1.36. The van der Waals surface area contributed by atoms with Crippen LogP contribution in [0.3, 0.4) is 0 Å². The first-order valence-corrected chi connectivity index (χ1v) is 5.15. The molecule has 3 N–H and O–H groups in total. The van der Waals surface area contributed by atoms with E-state index in [-0.39, 0.29) is 11.8 Å². The highest BCUT2D eigenvalue weighted by atomic mass is 16.5. The Labute approximate surface area is 89.0 Å². The molecule has 0 saturated carbocycles. The van der Waals surface area contributed by atoms with Gasteiger partial charge in [0.05, 0.1) is 12.5 Å². The van der Waals surface area contributed by atoms with Gasteiger partial charge in [0, 0.05) is 12.6 Å². The topological polar surface area (TPSA) is 81.2 Å². The maximum atomic E-state index is 11.6. The molecule has 1 aromatic rings. The molecule has 0 aliphatic carbocycles. The lowest BCUT2D eigenvalue weighted by Crippen LogP contribution is -2.34. The minimum atomic E-state index is -0.0955. The third-order valence-corrected chi connectivity index (χ3v) is 2.23. The second-order valence-electron chi connectivity index (χ2n) is 3.43. The third-order valence-electron chi connectivity index (χ3n) is 2.23. The molecule has 84 valence electrons. The summed E-state index contributed by atoms with van der Waals surface area (Å²) in [5, 5.41) is 6.48. The van der Waals surface area contributed by atoms with Gasteiger partial charge in [-0.1, -0.05) is 18.5 Å². The molecule has 0 aliphatic rings. The van der Waals surface area contributed by atoms with E-state index in [2.05, 4.69) is 15.0 Å². The van der Waals surface area contributed by atoms with Crippen molar-refractivity contribution in [2.45, 2.75) is 26.3 Å². The Kier molecular flexibility index (Phi) is 4.83. The molecule has 1 heterocycles. The smallest absolute Gasteiger partial charge is 0.224 e. The van der Waals surface area contributed by atoms with E-state index in [0.29, 0.717) is 13.1 Å². The van der Waals surface area contributed by atoms with Gasteiger partial charge in [0.1, 0.15) is 12.0 Å². The number of aromatic nitrogens is 1. The standard InChI is InChI=1S/C10H17N3O2/c1-2-3-8(6-11)10(14)12-7-9-4-5-15-13-9/h4-5,8H,2-3,6-7,11H2,1H3,(H,12,14). The molecular formula is C10H17N3O2. The van der Waals surface area contributed by atoms with Crippen LogP contribution in [0.5, 0.6) is 0 Å². The predicted molar refractivity (Wildman–Crippen MR) is 55.8 cm³/mol. The Morgan fingerprint density at radius 3 is 3.07 bits per heavy atom. The van der Waals surface area contributed by atoms with Gasteiger partial charge in [0.25, 0.3) is 0 Å². The number of hydrogen-bond acceptors (Lipinski definition) is 4. The second-order valence-corrected chi connectivity index (χ2v) is 3.43. The summed E-state index contributed by atoms with van der Waals surface area (Å²) in [7, 11) is 0. The lowest BCUT2D eigenvalue weighted by atomic mass is 10.0. The Morgan fingerprint density at radius 2 is 2.53 bits per heavy atom. The van der Waals surface area contributed by atoms with Crippen molar-refractivity contribution in [2.75, 3.05) is 6.54 Å². The fourth-order valence-electron chi connectivity index (χ4n) is 1.36. The molecule has 1 amide bonds. The van der Waals surface area contributed by atoms with E-state index in [0.717, 1.165) is 18.5 Å². The summed E-state index contributed by atoms with van der Waals surface area (Å²) in [5.74, 6) is -0.107. The molecule has 0 saturated heterocycles. The number of nitrogens with one attached hydrogen (secondary N) is 1. The number of carbonyl (C=O) groups excluding carboxylic acids is 1. The molecule has 0 aliphatic heterocycles. The van der Waals surface area contributed by atoms with Crippen molar-refractivity contribution in [1.82, 2.24) is 10.5 Å². The second kappa shape index (κ2) is 6.19. The Morgan fingerprint density at radius 1 is 1.73 bits per heavy atom. The largest absolute Gasteiger partial charge is 0.364 e. The van der Waals surface area contributed by atoms with E-state index < -0.39 is 0 Å². The van der Waals surface area contributed by atoms with Crippen molar-refractivity contribution in [3.05, 3.63) is 18.0 Å². The molecular weight excluding hydrogens is 194 g/mol. The molecule has 5 heteroatoms. The Balaban J connectivity index is 2.34. The van der Waals surface area contributed by atoms with Crippen molar-refractivity contribution in [1.29, 1.82) is 0 Å². The highest BCUT2D eigenvalue weighted by Gasteiger charge is 2.15. The summed E-state index contributed by atoms with van der Waals surface area (Å²) in [5.41, 5.74) is 6.23. The van der Waals surface area contributed by atoms with E-state index in [4.69, 9.17) is 5.73 Å². The lowest BCUT2D eigenvalue weighted by molar-refractivity contribution is -0.125. The molecule has 15 heavy (non-hydrogen) atoms. The van der Waals surface area contributed by atoms with Crippen LogP contribution in [0, 0.1) is 5.92 Å². The molecule has 0 bridgehead atoms. The lowest BCUT2D eigenvalue weighted by Gasteiger charge is -2.12. The van der Waals surface area contributed by atoms with Crippen LogP contribution < -0.4 is 11.1 Å². The van der Waals surface area contributed by atoms with Crippen LogP contribution >= 0.6 is 0 Å². The maximum absolute atomic E-state index is 11.6. The van der Waals surface area contributed by atoms with Gasteiger partial charge in [-0.2, -0.15) is 0 Å². The molecule has 0 radical (unpaired) electrons. The summed E-state index contributed by atoms with van der Waals surface area (Å²) in [6.45, 7) is 2.82. The zero-order valence-corrected chi connectivity index (χ0v) is 8.90. The SMILES string of the molecule is CCCC(CN)C(=O)NCc1ccon1. The summed E-state index contributed by atoms with van der Waals surface area (Å²) in [6, 6.07) is 1.72. The van der Waals surface area contributed by atoms with Crippen LogP contribution in [0.4, 0.5) is 0 Å². The summed E-state index contributed by atoms with van der Waals surface area (Å²) in [4.78, 5) is 11.6. The van der Waals surface area contributed by atoms with Crippen molar-refractivity contribution < 1.29 is 9.32 Å². The van der Waals surface area contributed by atoms with Crippen LogP contribution in [-0.2, 0) is 11.3 Å². The van der Waals surface area contributed by atoms with Crippen molar-refractivity contribution in [3.8, 4) is 0 Å². The third kappa shape index (κ3) is 3.71. The monoisotopic (exact) mass is 211 g/mol. The van der Waals surface area contributed by atoms with E-state index in [9.17, 15) is 4.79 Å². The number of nitrogens with two attached hydrogens (primary N) is 1. The molecule has 0 spiro atoms. The first-order valence-electron chi connectivity index (χ1n) is 5.15. The van der Waals surface area contributed by atoms with Crippen LogP contribution in [-0.4, -0.2) is 17.6 Å². The first kappa shape index (κ1) is 11.7. The van der Waals surface area contributed by atoms with Crippen LogP contribution in [0.1, 0.15) is 25.5 Å². The predicted octanol–water partition coefficient (Wildman–Crippen LogP) is 0.666. The number of nitrogens with zero attached hydrogens (tertiary/aromatic N) is 1. The molecule has 0 fully saturated rings. The first-order chi connectivity index (χ1) is 7.27. The number of amides is 1. The normalized spacial score (nSPS) is 12.4. The zero-order chi connectivity index (χ0) is 11.1. The minimum Gasteiger partial charge on any atom is -0.364 e. The maximum Gasteiger partial charge on any atom is 0.224 e. The zero-order valence-electron chi connectivity index (χ0n) is 8.90. The van der Waals surface area contributed by atoms with E-state index in [1.165, 1.54) is 6.26 Å². The van der Waals surface area contributed by atoms with Crippen molar-refractivity contribution >= 4 is 5.91 Å². The average Bonchev–Trinajstić information content (AvgIpc) is 2.75. The van der Waals surface area contributed by atoms with Gasteiger partial charge in [-0.25, -0.2) is 0 Å². The highest BCUT2D eigenvalue weighted by Crippen LogP contribution is 2.04.